The molecule has 6 nitrogen and oxygen atoms in total. The van der Waals surface area contributed by atoms with Gasteiger partial charge in [0.2, 0.25) is 34.8 Å². The van der Waals surface area contributed by atoms with E-state index in [0.29, 0.717) is 0 Å². The highest BCUT2D eigenvalue weighted by Crippen LogP contribution is 2.29. The highest BCUT2D eigenvalue weighted by atomic mass is 32.2. The SMILES string of the molecule is N[C@@H](CS(=O)(=O)O)C(=O)Oc1c(F)c(F)c(F)c(F)c1F. The number of nitrogens with two attached hydrogens (primary N) is 1. The molecule has 0 aliphatic carbocycles. The Morgan fingerprint density at radius 3 is 1.81 bits per heavy atom. The maximum Gasteiger partial charge on any atom is 0.329 e. The molecule has 0 unspecified atom stereocenters. The number of esters is 1. The molecule has 1 rings (SSSR count). The normalized spacial score (nSPS) is 13.1. The molecule has 0 aliphatic heterocycles. The van der Waals surface area contributed by atoms with Crippen LogP contribution in [0.1, 0.15) is 0 Å². The summed E-state index contributed by atoms with van der Waals surface area (Å²) in [5.74, 6) is -17.2. The van der Waals surface area contributed by atoms with Gasteiger partial charge in [-0.1, -0.05) is 0 Å². The van der Waals surface area contributed by atoms with Crippen LogP contribution in [0.25, 0.3) is 0 Å². The van der Waals surface area contributed by atoms with Crippen molar-refractivity contribution in [2.24, 2.45) is 5.73 Å². The molecule has 1 aromatic rings. The quantitative estimate of drug-likeness (QED) is 0.207. The van der Waals surface area contributed by atoms with E-state index < -0.39 is 62.7 Å². The van der Waals surface area contributed by atoms with E-state index >= 15 is 0 Å². The van der Waals surface area contributed by atoms with Crippen LogP contribution in [-0.4, -0.2) is 30.7 Å². The number of benzene rings is 1. The summed E-state index contributed by atoms with van der Waals surface area (Å²) >= 11 is 0. The van der Waals surface area contributed by atoms with Crippen molar-refractivity contribution in [1.29, 1.82) is 0 Å². The summed E-state index contributed by atoms with van der Waals surface area (Å²) in [5.41, 5.74) is 4.94. The van der Waals surface area contributed by atoms with E-state index in [2.05, 4.69) is 4.74 Å². The van der Waals surface area contributed by atoms with E-state index in [1.807, 2.05) is 0 Å². The molecule has 0 spiro atoms. The van der Waals surface area contributed by atoms with Crippen LogP contribution in [0.2, 0.25) is 0 Å². The van der Waals surface area contributed by atoms with Crippen molar-refractivity contribution in [3.05, 3.63) is 29.1 Å². The first-order valence-electron chi connectivity index (χ1n) is 4.89. The molecular weight excluding hydrogens is 329 g/mol. The molecule has 0 saturated heterocycles. The van der Waals surface area contributed by atoms with Crippen LogP contribution < -0.4 is 10.5 Å². The molecule has 0 fully saturated rings. The summed E-state index contributed by atoms with van der Waals surface area (Å²) in [7, 11) is -4.73. The van der Waals surface area contributed by atoms with Gasteiger partial charge in [-0.15, -0.1) is 0 Å². The number of carbonyl (C=O) groups is 1. The van der Waals surface area contributed by atoms with Crippen molar-refractivity contribution in [2.75, 3.05) is 5.75 Å². The molecule has 21 heavy (non-hydrogen) atoms. The lowest BCUT2D eigenvalue weighted by molar-refractivity contribution is -0.135. The number of hydrogen-bond donors (Lipinski definition) is 2. The summed E-state index contributed by atoms with van der Waals surface area (Å²) in [5, 5.41) is 0. The summed E-state index contributed by atoms with van der Waals surface area (Å²) in [6, 6.07) is -2.10. The molecule has 1 aromatic carbocycles. The Hall–Kier alpha value is -1.79. The summed E-state index contributed by atoms with van der Waals surface area (Å²) < 4.78 is 97.8. The minimum absolute atomic E-state index is 1.37. The summed E-state index contributed by atoms with van der Waals surface area (Å²) in [4.78, 5) is 11.2. The van der Waals surface area contributed by atoms with Crippen molar-refractivity contribution < 1.29 is 44.5 Å². The highest BCUT2D eigenvalue weighted by Gasteiger charge is 2.30. The third-order valence-electron chi connectivity index (χ3n) is 2.07. The second-order valence-corrected chi connectivity index (χ2v) is 5.17. The predicted molar refractivity (Wildman–Crippen MR) is 56.3 cm³/mol. The topological polar surface area (TPSA) is 107 Å². The molecular formula is C9H6F5NO5S. The Balaban J connectivity index is 3.12. The van der Waals surface area contributed by atoms with E-state index in [1.54, 1.807) is 0 Å². The third-order valence-corrected chi connectivity index (χ3v) is 2.85. The fourth-order valence-electron chi connectivity index (χ4n) is 1.15. The van der Waals surface area contributed by atoms with Gasteiger partial charge in [0.1, 0.15) is 11.8 Å². The lowest BCUT2D eigenvalue weighted by Crippen LogP contribution is -2.40. The monoisotopic (exact) mass is 335 g/mol. The van der Waals surface area contributed by atoms with Gasteiger partial charge in [0.25, 0.3) is 10.1 Å². The molecule has 12 heteroatoms. The number of halogens is 5. The molecule has 1 atom stereocenters. The van der Waals surface area contributed by atoms with Gasteiger partial charge < -0.3 is 10.5 Å². The Kier molecular flexibility index (Phi) is 4.86. The fourth-order valence-corrected chi connectivity index (χ4v) is 1.74. The second-order valence-electron chi connectivity index (χ2n) is 3.68. The lowest BCUT2D eigenvalue weighted by atomic mass is 10.2. The van der Waals surface area contributed by atoms with Crippen LogP contribution in [0.15, 0.2) is 0 Å². The molecule has 3 N–H and O–H groups in total. The standard InChI is InChI=1S/C9H6F5NO5S/c10-3-4(11)6(13)8(7(14)5(3)12)20-9(16)2(15)1-21(17,18)19/h2H,1,15H2,(H,17,18,19)/t2-/m0/s1. The maximum atomic E-state index is 13.2. The van der Waals surface area contributed by atoms with Gasteiger partial charge in [0.05, 0.1) is 0 Å². The van der Waals surface area contributed by atoms with E-state index in [-0.39, 0.29) is 0 Å². The van der Waals surface area contributed by atoms with Crippen LogP contribution in [0.4, 0.5) is 22.0 Å². The minimum Gasteiger partial charge on any atom is -0.419 e. The molecule has 118 valence electrons. The first kappa shape index (κ1) is 17.3. The zero-order chi connectivity index (χ0) is 16.5. The maximum absolute atomic E-state index is 13.2. The van der Waals surface area contributed by atoms with E-state index in [4.69, 9.17) is 10.3 Å². The molecule has 0 bridgehead atoms. The molecule has 0 saturated carbocycles. The Bertz CT molecular complexity index is 663. The molecule has 0 aromatic heterocycles. The summed E-state index contributed by atoms with van der Waals surface area (Å²) in [6.07, 6.45) is 0. The highest BCUT2D eigenvalue weighted by molar-refractivity contribution is 7.85. The second kappa shape index (κ2) is 5.91. The van der Waals surface area contributed by atoms with Crippen LogP contribution in [0.3, 0.4) is 0 Å². The van der Waals surface area contributed by atoms with Crippen LogP contribution in [-0.2, 0) is 14.9 Å². The van der Waals surface area contributed by atoms with Crippen LogP contribution in [0.5, 0.6) is 5.75 Å². The zero-order valence-corrected chi connectivity index (χ0v) is 10.6. The summed E-state index contributed by atoms with van der Waals surface area (Å²) in [6.45, 7) is 0. The van der Waals surface area contributed by atoms with Crippen LogP contribution >= 0.6 is 0 Å². The number of carbonyl (C=O) groups excluding carboxylic acids is 1. The van der Waals surface area contributed by atoms with Gasteiger partial charge in [0, 0.05) is 0 Å². The lowest BCUT2D eigenvalue weighted by Gasteiger charge is -2.12. The van der Waals surface area contributed by atoms with E-state index in [9.17, 15) is 35.2 Å². The predicted octanol–water partition coefficient (Wildman–Crippen LogP) is 0.503. The van der Waals surface area contributed by atoms with Crippen molar-refractivity contribution >= 4 is 16.1 Å². The van der Waals surface area contributed by atoms with Gasteiger partial charge in [-0.2, -0.15) is 17.2 Å². The zero-order valence-electron chi connectivity index (χ0n) is 9.74. The van der Waals surface area contributed by atoms with Gasteiger partial charge in [0.15, 0.2) is 0 Å². The molecule has 0 heterocycles. The van der Waals surface area contributed by atoms with Crippen molar-refractivity contribution in [2.45, 2.75) is 6.04 Å². The van der Waals surface area contributed by atoms with Gasteiger partial charge in [-0.05, 0) is 0 Å². The molecule has 0 aliphatic rings. The first-order chi connectivity index (χ1) is 9.45. The average Bonchev–Trinajstić information content (AvgIpc) is 2.37. The van der Waals surface area contributed by atoms with Gasteiger partial charge in [-0.3, -0.25) is 4.55 Å². The van der Waals surface area contributed by atoms with Crippen LogP contribution in [0, 0.1) is 29.1 Å². The van der Waals surface area contributed by atoms with Crippen molar-refractivity contribution in [3.8, 4) is 5.75 Å². The van der Waals surface area contributed by atoms with Gasteiger partial charge in [-0.25, -0.2) is 18.0 Å². The fraction of sp³-hybridized carbons (Fsp3) is 0.222. The minimum atomic E-state index is -4.73. The Labute approximate surface area is 114 Å². The Morgan fingerprint density at radius 1 is 1.05 bits per heavy atom. The number of hydrogen-bond acceptors (Lipinski definition) is 5. The van der Waals surface area contributed by atoms with Crippen molar-refractivity contribution in [3.63, 3.8) is 0 Å². The largest absolute Gasteiger partial charge is 0.419 e. The third kappa shape index (κ3) is 3.86. The van der Waals surface area contributed by atoms with E-state index in [0.717, 1.165) is 0 Å². The smallest absolute Gasteiger partial charge is 0.329 e. The van der Waals surface area contributed by atoms with E-state index in [1.165, 1.54) is 0 Å². The van der Waals surface area contributed by atoms with Gasteiger partial charge >= 0.3 is 5.97 Å². The molecule has 0 radical (unpaired) electrons. The molecule has 0 amide bonds. The Morgan fingerprint density at radius 2 is 1.43 bits per heavy atom. The number of rotatable bonds is 4. The van der Waals surface area contributed by atoms with Crippen molar-refractivity contribution in [1.82, 2.24) is 0 Å². The average molecular weight is 335 g/mol. The first-order valence-corrected chi connectivity index (χ1v) is 6.50. The number of ether oxygens (including phenoxy) is 1.